The van der Waals surface area contributed by atoms with Crippen molar-refractivity contribution in [2.45, 2.75) is 45.6 Å². The molecular formula is C16H22BrN3. The maximum atomic E-state index is 6.08. The standard InChI is InChI=1S/C16H22BrN3/c1-11-3-2-4-12(9-11)7-8-20-15-10-13(17)5-6-14(15)19-16(20)18/h5-6,10-12H,2-4,7-9H2,1H3,(H2,18,19). The molecule has 108 valence electrons. The fraction of sp³-hybridized carbons (Fsp3) is 0.562. The van der Waals surface area contributed by atoms with Gasteiger partial charge in [0.05, 0.1) is 11.0 Å². The molecule has 0 saturated heterocycles. The second kappa shape index (κ2) is 5.76. The van der Waals surface area contributed by atoms with Gasteiger partial charge in [-0.2, -0.15) is 0 Å². The van der Waals surface area contributed by atoms with Gasteiger partial charge in [-0.15, -0.1) is 0 Å². The summed E-state index contributed by atoms with van der Waals surface area (Å²) < 4.78 is 3.25. The third-order valence-electron chi connectivity index (χ3n) is 4.55. The Morgan fingerprint density at radius 1 is 1.40 bits per heavy atom. The minimum atomic E-state index is 0.641. The fourth-order valence-electron chi connectivity index (χ4n) is 3.48. The lowest BCUT2D eigenvalue weighted by Gasteiger charge is -2.26. The van der Waals surface area contributed by atoms with Gasteiger partial charge in [0.25, 0.3) is 0 Å². The van der Waals surface area contributed by atoms with Crippen molar-refractivity contribution in [1.82, 2.24) is 9.55 Å². The molecule has 4 heteroatoms. The third kappa shape index (κ3) is 2.85. The Morgan fingerprint density at radius 2 is 2.25 bits per heavy atom. The molecular weight excluding hydrogens is 314 g/mol. The Morgan fingerprint density at radius 3 is 3.05 bits per heavy atom. The van der Waals surface area contributed by atoms with Gasteiger partial charge < -0.3 is 10.3 Å². The van der Waals surface area contributed by atoms with Crippen LogP contribution < -0.4 is 5.73 Å². The zero-order valence-corrected chi connectivity index (χ0v) is 13.6. The van der Waals surface area contributed by atoms with Gasteiger partial charge >= 0.3 is 0 Å². The molecule has 20 heavy (non-hydrogen) atoms. The number of anilines is 1. The van der Waals surface area contributed by atoms with E-state index in [2.05, 4.69) is 38.5 Å². The smallest absolute Gasteiger partial charge is 0.201 e. The Labute approximate surface area is 128 Å². The second-order valence-corrected chi connectivity index (χ2v) is 7.10. The van der Waals surface area contributed by atoms with Crippen molar-refractivity contribution in [3.05, 3.63) is 22.7 Å². The average molecular weight is 336 g/mol. The molecule has 0 radical (unpaired) electrons. The highest BCUT2D eigenvalue weighted by Crippen LogP contribution is 2.32. The molecule has 1 aliphatic carbocycles. The highest BCUT2D eigenvalue weighted by Gasteiger charge is 2.19. The van der Waals surface area contributed by atoms with Crippen molar-refractivity contribution in [1.29, 1.82) is 0 Å². The maximum absolute atomic E-state index is 6.08. The quantitative estimate of drug-likeness (QED) is 0.890. The summed E-state index contributed by atoms with van der Waals surface area (Å²) in [5, 5.41) is 0. The van der Waals surface area contributed by atoms with Crippen molar-refractivity contribution in [2.75, 3.05) is 5.73 Å². The highest BCUT2D eigenvalue weighted by atomic mass is 79.9. The van der Waals surface area contributed by atoms with Crippen LogP contribution in [0.5, 0.6) is 0 Å². The SMILES string of the molecule is CC1CCCC(CCn2c(N)nc3ccc(Br)cc32)C1. The van der Waals surface area contributed by atoms with Crippen molar-refractivity contribution in [2.24, 2.45) is 11.8 Å². The maximum Gasteiger partial charge on any atom is 0.201 e. The summed E-state index contributed by atoms with van der Waals surface area (Å²) in [5.41, 5.74) is 8.21. The van der Waals surface area contributed by atoms with Crippen LogP contribution in [0.25, 0.3) is 11.0 Å². The Hall–Kier alpha value is -1.03. The number of rotatable bonds is 3. The molecule has 0 aliphatic heterocycles. The fourth-order valence-corrected chi connectivity index (χ4v) is 3.83. The molecule has 3 nitrogen and oxygen atoms in total. The molecule has 2 unspecified atom stereocenters. The van der Waals surface area contributed by atoms with Crippen LogP contribution in [0.2, 0.25) is 0 Å². The number of nitrogen functional groups attached to an aromatic ring is 1. The van der Waals surface area contributed by atoms with E-state index in [0.29, 0.717) is 5.95 Å². The minimum Gasteiger partial charge on any atom is -0.369 e. The van der Waals surface area contributed by atoms with Crippen LogP contribution in [0.3, 0.4) is 0 Å². The molecule has 1 saturated carbocycles. The Balaban J connectivity index is 1.76. The molecule has 2 N–H and O–H groups in total. The lowest BCUT2D eigenvalue weighted by atomic mass is 9.81. The molecule has 1 heterocycles. The third-order valence-corrected chi connectivity index (χ3v) is 5.04. The summed E-state index contributed by atoms with van der Waals surface area (Å²) in [6.07, 6.45) is 6.75. The zero-order chi connectivity index (χ0) is 14.1. The summed E-state index contributed by atoms with van der Waals surface area (Å²) >= 11 is 3.53. The van der Waals surface area contributed by atoms with Crippen LogP contribution in [0.1, 0.15) is 39.0 Å². The lowest BCUT2D eigenvalue weighted by Crippen LogP contribution is -2.16. The van der Waals surface area contributed by atoms with Crippen LogP contribution in [-0.4, -0.2) is 9.55 Å². The molecule has 0 bridgehead atoms. The number of nitrogens with zero attached hydrogens (tertiary/aromatic N) is 2. The van der Waals surface area contributed by atoms with E-state index in [0.717, 1.165) is 33.9 Å². The summed E-state index contributed by atoms with van der Waals surface area (Å²) in [5.74, 6) is 2.38. The first-order chi connectivity index (χ1) is 9.63. The number of fused-ring (bicyclic) bond motifs is 1. The normalized spacial score (nSPS) is 23.3. The van der Waals surface area contributed by atoms with Gasteiger partial charge in [0.15, 0.2) is 0 Å². The number of hydrogen-bond donors (Lipinski definition) is 1. The van der Waals surface area contributed by atoms with Crippen LogP contribution in [0.15, 0.2) is 22.7 Å². The Bertz CT molecular complexity index is 605. The molecule has 2 aromatic rings. The van der Waals surface area contributed by atoms with Crippen molar-refractivity contribution < 1.29 is 0 Å². The van der Waals surface area contributed by atoms with Crippen LogP contribution >= 0.6 is 15.9 Å². The molecule has 1 aromatic carbocycles. The van der Waals surface area contributed by atoms with E-state index in [4.69, 9.17) is 5.73 Å². The first kappa shape index (κ1) is 13.9. The molecule has 1 aromatic heterocycles. The van der Waals surface area contributed by atoms with Crippen LogP contribution in [0.4, 0.5) is 5.95 Å². The number of nitrogens with two attached hydrogens (primary N) is 1. The number of aryl methyl sites for hydroxylation is 1. The topological polar surface area (TPSA) is 43.8 Å². The predicted molar refractivity (Wildman–Crippen MR) is 87.6 cm³/mol. The highest BCUT2D eigenvalue weighted by molar-refractivity contribution is 9.10. The summed E-state index contributed by atoms with van der Waals surface area (Å²) in [4.78, 5) is 4.45. The largest absolute Gasteiger partial charge is 0.369 e. The average Bonchev–Trinajstić information content (AvgIpc) is 2.72. The van der Waals surface area contributed by atoms with E-state index in [1.54, 1.807) is 0 Å². The van der Waals surface area contributed by atoms with E-state index < -0.39 is 0 Å². The molecule has 2 atom stereocenters. The van der Waals surface area contributed by atoms with Gasteiger partial charge in [-0.05, 0) is 42.9 Å². The van der Waals surface area contributed by atoms with E-state index in [1.165, 1.54) is 32.1 Å². The first-order valence-corrected chi connectivity index (χ1v) is 8.34. The number of benzene rings is 1. The molecule has 0 spiro atoms. The number of hydrogen-bond acceptors (Lipinski definition) is 2. The van der Waals surface area contributed by atoms with Crippen LogP contribution in [0, 0.1) is 11.8 Å². The summed E-state index contributed by atoms with van der Waals surface area (Å²) in [7, 11) is 0. The van der Waals surface area contributed by atoms with Gasteiger partial charge in [0, 0.05) is 11.0 Å². The van der Waals surface area contributed by atoms with Crippen molar-refractivity contribution in [3.63, 3.8) is 0 Å². The first-order valence-electron chi connectivity index (χ1n) is 7.54. The molecule has 0 amide bonds. The predicted octanol–water partition coefficient (Wildman–Crippen LogP) is 4.60. The summed E-state index contributed by atoms with van der Waals surface area (Å²) in [6.45, 7) is 3.36. The monoisotopic (exact) mass is 335 g/mol. The zero-order valence-electron chi connectivity index (χ0n) is 12.0. The van der Waals surface area contributed by atoms with Gasteiger partial charge in [-0.25, -0.2) is 4.98 Å². The number of halogens is 1. The summed E-state index contributed by atoms with van der Waals surface area (Å²) in [6, 6.07) is 6.15. The van der Waals surface area contributed by atoms with Gasteiger partial charge in [-0.3, -0.25) is 0 Å². The van der Waals surface area contributed by atoms with Gasteiger partial charge in [0.2, 0.25) is 5.95 Å². The second-order valence-electron chi connectivity index (χ2n) is 6.18. The minimum absolute atomic E-state index is 0.641. The lowest BCUT2D eigenvalue weighted by molar-refractivity contribution is 0.262. The molecule has 1 fully saturated rings. The van der Waals surface area contributed by atoms with Crippen molar-refractivity contribution >= 4 is 32.9 Å². The van der Waals surface area contributed by atoms with E-state index in [9.17, 15) is 0 Å². The number of aromatic nitrogens is 2. The number of imidazole rings is 1. The van der Waals surface area contributed by atoms with Crippen LogP contribution in [-0.2, 0) is 6.54 Å². The van der Waals surface area contributed by atoms with E-state index in [1.807, 2.05) is 12.1 Å². The molecule has 1 aliphatic rings. The van der Waals surface area contributed by atoms with E-state index >= 15 is 0 Å². The van der Waals surface area contributed by atoms with Gasteiger partial charge in [-0.1, -0.05) is 42.1 Å². The Kier molecular flexibility index (Phi) is 4.01. The molecule has 3 rings (SSSR count). The van der Waals surface area contributed by atoms with Crippen molar-refractivity contribution in [3.8, 4) is 0 Å². The van der Waals surface area contributed by atoms with E-state index in [-0.39, 0.29) is 0 Å². The van der Waals surface area contributed by atoms with Gasteiger partial charge in [0.1, 0.15) is 0 Å².